The molecule has 30 heavy (non-hydrogen) atoms. The van der Waals surface area contributed by atoms with Crippen molar-refractivity contribution in [1.29, 1.82) is 0 Å². The third kappa shape index (κ3) is 5.26. The van der Waals surface area contributed by atoms with E-state index in [1.54, 1.807) is 4.90 Å². The molecule has 1 heterocycles. The van der Waals surface area contributed by atoms with Crippen molar-refractivity contribution in [2.75, 3.05) is 23.4 Å². The van der Waals surface area contributed by atoms with Gasteiger partial charge < -0.3 is 15.0 Å². The number of anilines is 2. The molecule has 2 aromatic carbocycles. The van der Waals surface area contributed by atoms with Gasteiger partial charge in [-0.3, -0.25) is 14.4 Å². The molecule has 0 unspecified atom stereocenters. The number of nitrogens with one attached hydrogen (secondary N) is 1. The Morgan fingerprint density at radius 3 is 2.43 bits per heavy atom. The number of ether oxygens (including phenoxy) is 1. The van der Waals surface area contributed by atoms with E-state index in [0.717, 1.165) is 17.7 Å². The van der Waals surface area contributed by atoms with Crippen LogP contribution in [-0.2, 0) is 19.1 Å². The van der Waals surface area contributed by atoms with Crippen LogP contribution in [0.5, 0.6) is 0 Å². The Morgan fingerprint density at radius 2 is 1.80 bits per heavy atom. The Labute approximate surface area is 177 Å². The molecule has 0 saturated carbocycles. The summed E-state index contributed by atoms with van der Waals surface area (Å²) >= 11 is 0. The van der Waals surface area contributed by atoms with Gasteiger partial charge in [0.2, 0.25) is 5.91 Å². The van der Waals surface area contributed by atoms with Gasteiger partial charge in [-0.2, -0.15) is 0 Å². The van der Waals surface area contributed by atoms with Crippen LogP contribution in [-0.4, -0.2) is 30.9 Å². The summed E-state index contributed by atoms with van der Waals surface area (Å²) in [5.74, 6) is -1.16. The molecule has 3 rings (SSSR count). The SMILES string of the molecule is CC[C@@H](C)c1ccc(NC(=O)COC(=O)[C@H]2CC(=O)N(c3ccc(C)cc3)C2)cc1. The fourth-order valence-corrected chi connectivity index (χ4v) is 3.42. The van der Waals surface area contributed by atoms with Crippen molar-refractivity contribution in [1.82, 2.24) is 0 Å². The zero-order valence-electron chi connectivity index (χ0n) is 17.7. The molecule has 1 aliphatic rings. The summed E-state index contributed by atoms with van der Waals surface area (Å²) in [5.41, 5.74) is 3.73. The minimum absolute atomic E-state index is 0.0887. The van der Waals surface area contributed by atoms with E-state index < -0.39 is 17.8 Å². The third-order valence-corrected chi connectivity index (χ3v) is 5.53. The maximum absolute atomic E-state index is 12.4. The van der Waals surface area contributed by atoms with Crippen molar-refractivity contribution in [3.63, 3.8) is 0 Å². The van der Waals surface area contributed by atoms with Crippen LogP contribution in [0.15, 0.2) is 48.5 Å². The molecule has 1 N–H and O–H groups in total. The molecule has 1 aliphatic heterocycles. The number of carbonyl (C=O) groups excluding carboxylic acids is 3. The Morgan fingerprint density at radius 1 is 1.13 bits per heavy atom. The van der Waals surface area contributed by atoms with E-state index in [0.29, 0.717) is 11.6 Å². The van der Waals surface area contributed by atoms with Crippen LogP contribution in [0.2, 0.25) is 0 Å². The number of hydrogen-bond acceptors (Lipinski definition) is 4. The summed E-state index contributed by atoms with van der Waals surface area (Å²) in [6.45, 7) is 6.15. The summed E-state index contributed by atoms with van der Waals surface area (Å²) in [4.78, 5) is 38.4. The number of esters is 1. The molecular weight excluding hydrogens is 380 g/mol. The van der Waals surface area contributed by atoms with Crippen LogP contribution >= 0.6 is 0 Å². The van der Waals surface area contributed by atoms with E-state index in [9.17, 15) is 14.4 Å². The molecule has 0 bridgehead atoms. The topological polar surface area (TPSA) is 75.7 Å². The zero-order chi connectivity index (χ0) is 21.7. The van der Waals surface area contributed by atoms with Crippen LogP contribution in [0.1, 0.15) is 43.7 Å². The summed E-state index contributed by atoms with van der Waals surface area (Å²) < 4.78 is 5.16. The first-order chi connectivity index (χ1) is 14.4. The van der Waals surface area contributed by atoms with Gasteiger partial charge in [0.15, 0.2) is 6.61 Å². The molecule has 1 fully saturated rings. The van der Waals surface area contributed by atoms with E-state index in [2.05, 4.69) is 19.2 Å². The van der Waals surface area contributed by atoms with Gasteiger partial charge in [-0.1, -0.05) is 43.7 Å². The molecule has 0 radical (unpaired) electrons. The number of hydrogen-bond donors (Lipinski definition) is 1. The predicted octanol–water partition coefficient (Wildman–Crippen LogP) is 4.04. The van der Waals surface area contributed by atoms with Crippen molar-refractivity contribution in [2.45, 2.75) is 39.5 Å². The Balaban J connectivity index is 1.48. The van der Waals surface area contributed by atoms with Crippen molar-refractivity contribution in [2.24, 2.45) is 5.92 Å². The van der Waals surface area contributed by atoms with Gasteiger partial charge in [0.05, 0.1) is 5.92 Å². The van der Waals surface area contributed by atoms with E-state index >= 15 is 0 Å². The fraction of sp³-hybridized carbons (Fsp3) is 0.375. The van der Waals surface area contributed by atoms with Gasteiger partial charge in [0.1, 0.15) is 0 Å². The lowest BCUT2D eigenvalue weighted by Crippen LogP contribution is -2.28. The number of carbonyl (C=O) groups is 3. The number of rotatable bonds is 7. The van der Waals surface area contributed by atoms with Crippen molar-refractivity contribution in [3.8, 4) is 0 Å². The highest BCUT2D eigenvalue weighted by Crippen LogP contribution is 2.26. The van der Waals surface area contributed by atoms with Gasteiger partial charge in [-0.15, -0.1) is 0 Å². The number of benzene rings is 2. The molecule has 6 heteroatoms. The molecule has 1 saturated heterocycles. The summed E-state index contributed by atoms with van der Waals surface area (Å²) in [6, 6.07) is 15.2. The molecule has 2 atom stereocenters. The second-order valence-corrected chi connectivity index (χ2v) is 7.83. The van der Waals surface area contributed by atoms with Crippen LogP contribution < -0.4 is 10.2 Å². The van der Waals surface area contributed by atoms with Crippen molar-refractivity contribution in [3.05, 3.63) is 59.7 Å². The first-order valence-electron chi connectivity index (χ1n) is 10.3. The average molecular weight is 408 g/mol. The average Bonchev–Trinajstić information content (AvgIpc) is 3.14. The first kappa shape index (κ1) is 21.6. The maximum atomic E-state index is 12.4. The van der Waals surface area contributed by atoms with Crippen molar-refractivity contribution < 1.29 is 19.1 Å². The Kier molecular flexibility index (Phi) is 6.87. The van der Waals surface area contributed by atoms with Crippen molar-refractivity contribution >= 4 is 29.2 Å². The molecule has 158 valence electrons. The second kappa shape index (κ2) is 9.57. The summed E-state index contributed by atoms with van der Waals surface area (Å²) in [5, 5.41) is 2.73. The lowest BCUT2D eigenvalue weighted by molar-refractivity contribution is -0.151. The number of aryl methyl sites for hydroxylation is 1. The second-order valence-electron chi connectivity index (χ2n) is 7.83. The van der Waals surface area contributed by atoms with Crippen LogP contribution in [0, 0.1) is 12.8 Å². The standard InChI is InChI=1S/C24H28N2O4/c1-4-17(3)18-7-9-20(10-8-18)25-22(27)15-30-24(29)19-13-23(28)26(14-19)21-11-5-16(2)6-12-21/h5-12,17,19H,4,13-15H2,1-3H3,(H,25,27)/t17-,19+/m1/s1. The number of nitrogens with zero attached hydrogens (tertiary/aromatic N) is 1. The lowest BCUT2D eigenvalue weighted by Gasteiger charge is -2.16. The molecule has 2 aromatic rings. The first-order valence-corrected chi connectivity index (χ1v) is 10.3. The van der Waals surface area contributed by atoms with Gasteiger partial charge in [-0.25, -0.2) is 0 Å². The predicted molar refractivity (Wildman–Crippen MR) is 116 cm³/mol. The van der Waals surface area contributed by atoms with E-state index in [-0.39, 0.29) is 25.5 Å². The summed E-state index contributed by atoms with van der Waals surface area (Å²) in [6.07, 6.45) is 1.14. The molecule has 0 aliphatic carbocycles. The minimum atomic E-state index is -0.568. The van der Waals surface area contributed by atoms with Crippen LogP contribution in [0.4, 0.5) is 11.4 Å². The monoisotopic (exact) mass is 408 g/mol. The van der Waals surface area contributed by atoms with Crippen LogP contribution in [0.3, 0.4) is 0 Å². The smallest absolute Gasteiger partial charge is 0.311 e. The Hall–Kier alpha value is -3.15. The summed E-state index contributed by atoms with van der Waals surface area (Å²) in [7, 11) is 0. The minimum Gasteiger partial charge on any atom is -0.455 e. The van der Waals surface area contributed by atoms with Gasteiger partial charge in [0.25, 0.3) is 5.91 Å². The maximum Gasteiger partial charge on any atom is 0.311 e. The molecule has 0 aromatic heterocycles. The van der Waals surface area contributed by atoms with E-state index in [1.807, 2.05) is 55.5 Å². The molecule has 6 nitrogen and oxygen atoms in total. The lowest BCUT2D eigenvalue weighted by atomic mass is 9.99. The molecular formula is C24H28N2O4. The highest BCUT2D eigenvalue weighted by Gasteiger charge is 2.36. The number of amides is 2. The third-order valence-electron chi connectivity index (χ3n) is 5.53. The highest BCUT2D eigenvalue weighted by molar-refractivity contribution is 6.00. The Bertz CT molecular complexity index is 906. The zero-order valence-corrected chi connectivity index (χ0v) is 17.7. The largest absolute Gasteiger partial charge is 0.455 e. The molecule has 0 spiro atoms. The van der Waals surface area contributed by atoms with E-state index in [1.165, 1.54) is 5.56 Å². The molecule has 2 amide bonds. The quantitative estimate of drug-likeness (QED) is 0.702. The van der Waals surface area contributed by atoms with Gasteiger partial charge in [-0.05, 0) is 49.1 Å². The van der Waals surface area contributed by atoms with E-state index in [4.69, 9.17) is 4.74 Å². The van der Waals surface area contributed by atoms with Crippen LogP contribution in [0.25, 0.3) is 0 Å². The van der Waals surface area contributed by atoms with Gasteiger partial charge in [0, 0.05) is 24.3 Å². The van der Waals surface area contributed by atoms with Gasteiger partial charge >= 0.3 is 5.97 Å². The highest BCUT2D eigenvalue weighted by atomic mass is 16.5. The normalized spacial score (nSPS) is 17.0. The fourth-order valence-electron chi connectivity index (χ4n) is 3.42.